The molecule has 1 rings (SSSR count). The first-order chi connectivity index (χ1) is 7.51. The van der Waals surface area contributed by atoms with Crippen molar-refractivity contribution in [2.45, 2.75) is 32.4 Å². The van der Waals surface area contributed by atoms with E-state index in [1.165, 1.54) is 0 Å². The minimum atomic E-state index is -0.728. The average molecular weight is 306 g/mol. The zero-order valence-electron chi connectivity index (χ0n) is 9.67. The summed E-state index contributed by atoms with van der Waals surface area (Å²) < 4.78 is 6.27. The third-order valence-corrected chi connectivity index (χ3v) is 4.35. The number of methoxy groups -OCH3 is 1. The minimum absolute atomic E-state index is 0.0676. The van der Waals surface area contributed by atoms with Gasteiger partial charge in [-0.25, -0.2) is 0 Å². The Morgan fingerprint density at radius 2 is 2.38 bits per heavy atom. The number of nitrogens with one attached hydrogen (secondary N) is 1. The average Bonchev–Trinajstić information content (AvgIpc) is 2.70. The maximum Gasteiger partial charge on any atom is 0.252 e. The molecule has 0 aliphatic heterocycles. The maximum atomic E-state index is 11.9. The van der Waals surface area contributed by atoms with Crippen molar-refractivity contribution in [3.63, 3.8) is 0 Å². The molecule has 3 nitrogen and oxygen atoms in total. The third-order valence-electron chi connectivity index (χ3n) is 2.65. The molecule has 0 spiro atoms. The van der Waals surface area contributed by atoms with Gasteiger partial charge in [0.05, 0.1) is 6.54 Å². The predicted octanol–water partition coefficient (Wildman–Crippen LogP) is 2.94. The normalized spacial score (nSPS) is 14.5. The molecule has 1 heterocycles. The molecule has 0 aromatic carbocycles. The zero-order valence-corrected chi connectivity index (χ0v) is 12.1. The third kappa shape index (κ3) is 3.30. The van der Waals surface area contributed by atoms with E-state index in [-0.39, 0.29) is 5.91 Å². The van der Waals surface area contributed by atoms with Crippen LogP contribution in [0.1, 0.15) is 25.1 Å². The summed E-state index contributed by atoms with van der Waals surface area (Å²) in [5, 5.41) is 4.88. The van der Waals surface area contributed by atoms with Crippen LogP contribution >= 0.6 is 27.3 Å². The maximum absolute atomic E-state index is 11.9. The van der Waals surface area contributed by atoms with Crippen molar-refractivity contribution >= 4 is 33.2 Å². The summed E-state index contributed by atoms with van der Waals surface area (Å²) in [5.41, 5.74) is -0.728. The van der Waals surface area contributed by atoms with Crippen LogP contribution in [0.2, 0.25) is 0 Å². The Labute approximate surface area is 108 Å². The van der Waals surface area contributed by atoms with Gasteiger partial charge >= 0.3 is 0 Å². The zero-order chi connectivity index (χ0) is 12.2. The van der Waals surface area contributed by atoms with Crippen molar-refractivity contribution in [1.29, 1.82) is 0 Å². The van der Waals surface area contributed by atoms with E-state index in [1.54, 1.807) is 25.4 Å². The molecule has 1 aromatic heterocycles. The fourth-order valence-corrected chi connectivity index (χ4v) is 2.59. The van der Waals surface area contributed by atoms with Gasteiger partial charge in [-0.1, -0.05) is 6.92 Å². The van der Waals surface area contributed by atoms with E-state index in [2.05, 4.69) is 21.2 Å². The molecule has 1 unspecified atom stereocenters. The monoisotopic (exact) mass is 305 g/mol. The number of carbonyl (C=O) groups is 1. The molecule has 1 amide bonds. The van der Waals surface area contributed by atoms with Crippen molar-refractivity contribution in [1.82, 2.24) is 5.32 Å². The summed E-state index contributed by atoms with van der Waals surface area (Å²) in [6, 6.07) is 2.00. The lowest BCUT2D eigenvalue weighted by atomic mass is 10.0. The lowest BCUT2D eigenvalue weighted by Gasteiger charge is -2.24. The van der Waals surface area contributed by atoms with E-state index in [9.17, 15) is 4.79 Å². The quantitative estimate of drug-likeness (QED) is 0.908. The fourth-order valence-electron chi connectivity index (χ4n) is 1.20. The van der Waals surface area contributed by atoms with Gasteiger partial charge in [-0.05, 0) is 35.3 Å². The topological polar surface area (TPSA) is 38.3 Å². The Morgan fingerprint density at radius 1 is 1.69 bits per heavy atom. The Balaban J connectivity index is 2.52. The molecule has 0 saturated carbocycles. The van der Waals surface area contributed by atoms with E-state index < -0.39 is 5.60 Å². The van der Waals surface area contributed by atoms with Crippen LogP contribution in [0.4, 0.5) is 0 Å². The Hall–Kier alpha value is -0.390. The van der Waals surface area contributed by atoms with E-state index >= 15 is 0 Å². The van der Waals surface area contributed by atoms with Crippen LogP contribution in [-0.2, 0) is 16.1 Å². The van der Waals surface area contributed by atoms with Crippen LogP contribution in [0, 0.1) is 0 Å². The van der Waals surface area contributed by atoms with E-state index in [1.807, 2.05) is 18.4 Å². The number of rotatable bonds is 5. The SMILES string of the molecule is CCC(C)(OC)C(=O)NCc1cc(Br)cs1. The van der Waals surface area contributed by atoms with Crippen molar-refractivity contribution in [2.75, 3.05) is 7.11 Å². The van der Waals surface area contributed by atoms with Crippen molar-refractivity contribution < 1.29 is 9.53 Å². The molecule has 0 aliphatic carbocycles. The van der Waals surface area contributed by atoms with Gasteiger partial charge in [-0.3, -0.25) is 4.79 Å². The van der Waals surface area contributed by atoms with Gasteiger partial charge in [-0.15, -0.1) is 11.3 Å². The second-order valence-electron chi connectivity index (χ2n) is 3.70. The molecule has 1 atom stereocenters. The highest BCUT2D eigenvalue weighted by Crippen LogP contribution is 2.20. The van der Waals surface area contributed by atoms with Gasteiger partial charge in [0.15, 0.2) is 0 Å². The van der Waals surface area contributed by atoms with Gasteiger partial charge in [0, 0.05) is 21.8 Å². The van der Waals surface area contributed by atoms with Crippen LogP contribution < -0.4 is 5.32 Å². The first-order valence-corrected chi connectivity index (χ1v) is 6.75. The first kappa shape index (κ1) is 13.7. The molecular formula is C11H16BrNO2S. The molecule has 1 aromatic rings. The largest absolute Gasteiger partial charge is 0.369 e. The number of hydrogen-bond acceptors (Lipinski definition) is 3. The number of amides is 1. The lowest BCUT2D eigenvalue weighted by molar-refractivity contribution is -0.141. The molecule has 0 aliphatic rings. The molecule has 16 heavy (non-hydrogen) atoms. The lowest BCUT2D eigenvalue weighted by Crippen LogP contribution is -2.45. The van der Waals surface area contributed by atoms with E-state index in [0.717, 1.165) is 9.35 Å². The smallest absolute Gasteiger partial charge is 0.252 e. The predicted molar refractivity (Wildman–Crippen MR) is 69.6 cm³/mol. The van der Waals surface area contributed by atoms with Crippen LogP contribution in [0.3, 0.4) is 0 Å². The van der Waals surface area contributed by atoms with Gasteiger partial charge in [-0.2, -0.15) is 0 Å². The van der Waals surface area contributed by atoms with Crippen LogP contribution in [-0.4, -0.2) is 18.6 Å². The molecule has 5 heteroatoms. The number of thiophene rings is 1. The molecule has 0 bridgehead atoms. The second kappa shape index (κ2) is 5.80. The Bertz CT molecular complexity index is 361. The van der Waals surface area contributed by atoms with Crippen LogP contribution in [0.15, 0.2) is 15.9 Å². The summed E-state index contributed by atoms with van der Waals surface area (Å²) >= 11 is 4.99. The number of hydrogen-bond donors (Lipinski definition) is 1. The standard InChI is InChI=1S/C11H16BrNO2S/c1-4-11(2,15-3)10(14)13-6-9-5-8(12)7-16-9/h5,7H,4,6H2,1-3H3,(H,13,14). The molecule has 0 saturated heterocycles. The van der Waals surface area contributed by atoms with Crippen molar-refractivity contribution in [3.05, 3.63) is 20.8 Å². The number of ether oxygens (including phenoxy) is 1. The summed E-state index contributed by atoms with van der Waals surface area (Å²) in [6.07, 6.45) is 0.656. The van der Waals surface area contributed by atoms with E-state index in [0.29, 0.717) is 13.0 Å². The van der Waals surface area contributed by atoms with Gasteiger partial charge in [0.1, 0.15) is 5.60 Å². The molecule has 1 N–H and O–H groups in total. The summed E-state index contributed by atoms with van der Waals surface area (Å²) in [4.78, 5) is 13.0. The van der Waals surface area contributed by atoms with Gasteiger partial charge in [0.2, 0.25) is 0 Å². The molecular weight excluding hydrogens is 290 g/mol. The molecule has 90 valence electrons. The second-order valence-corrected chi connectivity index (χ2v) is 5.61. The molecule has 0 radical (unpaired) electrons. The first-order valence-electron chi connectivity index (χ1n) is 5.08. The minimum Gasteiger partial charge on any atom is -0.369 e. The molecule has 0 fully saturated rings. The Kier molecular flexibility index (Phi) is 4.95. The van der Waals surface area contributed by atoms with Gasteiger partial charge < -0.3 is 10.1 Å². The number of halogens is 1. The number of carbonyl (C=O) groups excluding carboxylic acids is 1. The highest BCUT2D eigenvalue weighted by molar-refractivity contribution is 9.10. The summed E-state index contributed by atoms with van der Waals surface area (Å²) in [7, 11) is 1.56. The highest BCUT2D eigenvalue weighted by Gasteiger charge is 2.30. The van der Waals surface area contributed by atoms with Crippen molar-refractivity contribution in [2.24, 2.45) is 0 Å². The summed E-state index contributed by atoms with van der Waals surface area (Å²) in [6.45, 7) is 4.28. The van der Waals surface area contributed by atoms with E-state index in [4.69, 9.17) is 4.74 Å². The summed E-state index contributed by atoms with van der Waals surface area (Å²) in [5.74, 6) is -0.0676. The van der Waals surface area contributed by atoms with Crippen LogP contribution in [0.25, 0.3) is 0 Å². The fraction of sp³-hybridized carbons (Fsp3) is 0.545. The Morgan fingerprint density at radius 3 is 2.81 bits per heavy atom. The highest BCUT2D eigenvalue weighted by atomic mass is 79.9. The van der Waals surface area contributed by atoms with Crippen molar-refractivity contribution in [3.8, 4) is 0 Å². The van der Waals surface area contributed by atoms with Crippen LogP contribution in [0.5, 0.6) is 0 Å². The van der Waals surface area contributed by atoms with Gasteiger partial charge in [0.25, 0.3) is 5.91 Å².